The monoisotopic (exact) mass is 775 g/mol. The van der Waals surface area contributed by atoms with E-state index in [1.54, 1.807) is 0 Å². The van der Waals surface area contributed by atoms with Crippen LogP contribution in [0.3, 0.4) is 0 Å². The number of aromatic amines is 1. The largest absolute Gasteiger partial charge is 0.444 e. The average Bonchev–Trinajstić information content (AvgIpc) is 3.84. The molecule has 0 radical (unpaired) electrons. The molecule has 0 aliphatic carbocycles. The normalized spacial score (nSPS) is 23.8. The zero-order chi connectivity index (χ0) is 40.3. The first-order valence-corrected chi connectivity index (χ1v) is 24.0. The molecule has 2 amide bonds. The van der Waals surface area contributed by atoms with Crippen molar-refractivity contribution in [2.45, 2.75) is 124 Å². The predicted molar refractivity (Wildman–Crippen MR) is 229 cm³/mol. The molecule has 0 spiro atoms. The molecular formula is C46H61N5O4Si. The lowest BCUT2D eigenvalue weighted by molar-refractivity contribution is 0.0212. The summed E-state index contributed by atoms with van der Waals surface area (Å²) >= 11 is 0. The third-order valence-electron chi connectivity index (χ3n) is 11.9. The first-order valence-electron chi connectivity index (χ1n) is 20.6. The smallest absolute Gasteiger partial charge is 0.410 e. The van der Waals surface area contributed by atoms with Crippen molar-refractivity contribution in [3.63, 3.8) is 0 Å². The molecule has 7 rings (SSSR count). The summed E-state index contributed by atoms with van der Waals surface area (Å²) in [6.07, 6.45) is 4.96. The number of hydrogen-bond donors (Lipinski definition) is 1. The molecule has 5 unspecified atom stereocenters. The van der Waals surface area contributed by atoms with Gasteiger partial charge in [-0.3, -0.25) is 9.89 Å². The van der Waals surface area contributed by atoms with Gasteiger partial charge in [-0.05, 0) is 123 Å². The molecule has 0 saturated carbocycles. The van der Waals surface area contributed by atoms with Crippen LogP contribution in [-0.2, 0) is 15.9 Å². The molecule has 1 aromatic heterocycles. The van der Waals surface area contributed by atoms with Crippen molar-refractivity contribution in [3.8, 4) is 22.4 Å². The van der Waals surface area contributed by atoms with E-state index >= 15 is 0 Å². The van der Waals surface area contributed by atoms with Gasteiger partial charge in [0.1, 0.15) is 17.0 Å². The van der Waals surface area contributed by atoms with Gasteiger partial charge < -0.3 is 19.4 Å². The van der Waals surface area contributed by atoms with E-state index in [0.29, 0.717) is 18.4 Å². The molecule has 4 aromatic rings. The summed E-state index contributed by atoms with van der Waals surface area (Å²) < 4.78 is 11.7. The number of ether oxygens (including phenoxy) is 2. The number of nitrogens with zero attached hydrogens (tertiary/aromatic N) is 4. The molecular weight excluding hydrogens is 715 g/mol. The number of carbonyl (C=O) groups excluding carboxylic acids is 2. The summed E-state index contributed by atoms with van der Waals surface area (Å²) in [6.45, 7) is 23.7. The zero-order valence-electron chi connectivity index (χ0n) is 35.3. The maximum absolute atomic E-state index is 13.5. The number of H-pyrrole nitrogens is 1. The minimum absolute atomic E-state index is 0.0349. The number of aromatic nitrogens is 2. The van der Waals surface area contributed by atoms with Crippen molar-refractivity contribution in [1.82, 2.24) is 19.8 Å². The Balaban J connectivity index is 1.13. The molecule has 2 saturated heterocycles. The summed E-state index contributed by atoms with van der Waals surface area (Å²) in [5.74, 6) is 1.81. The quantitative estimate of drug-likeness (QED) is 0.203. The van der Waals surface area contributed by atoms with E-state index in [4.69, 9.17) is 19.5 Å². The lowest BCUT2D eigenvalue weighted by Crippen LogP contribution is -2.46. The molecule has 3 aliphatic rings. The third-order valence-corrected chi connectivity index (χ3v) is 14.6. The van der Waals surface area contributed by atoms with Crippen LogP contribution in [-0.4, -0.2) is 75.7 Å². The van der Waals surface area contributed by atoms with Crippen molar-refractivity contribution in [2.75, 3.05) is 12.7 Å². The Bertz CT molecular complexity index is 2140. The van der Waals surface area contributed by atoms with Crippen LogP contribution in [0.25, 0.3) is 33.2 Å². The van der Waals surface area contributed by atoms with Crippen LogP contribution in [0, 0.1) is 17.8 Å². The summed E-state index contributed by atoms with van der Waals surface area (Å²) in [5.41, 5.74) is 6.60. The van der Waals surface area contributed by atoms with E-state index < -0.39 is 19.3 Å². The minimum Gasteiger partial charge on any atom is -0.444 e. The number of amides is 2. The number of aliphatic imine (C=N–C) groups is 1. The van der Waals surface area contributed by atoms with Crippen molar-refractivity contribution in [1.29, 1.82) is 0 Å². The summed E-state index contributed by atoms with van der Waals surface area (Å²) in [4.78, 5) is 44.2. The molecule has 10 heteroatoms. The van der Waals surface area contributed by atoms with Crippen LogP contribution in [0.15, 0.2) is 65.8 Å². The van der Waals surface area contributed by atoms with Gasteiger partial charge in [0, 0.05) is 18.4 Å². The van der Waals surface area contributed by atoms with Crippen LogP contribution in [0.5, 0.6) is 0 Å². The molecule has 2 fully saturated rings. The van der Waals surface area contributed by atoms with Gasteiger partial charge in [-0.25, -0.2) is 14.6 Å². The van der Waals surface area contributed by atoms with E-state index in [1.165, 1.54) is 16.3 Å². The van der Waals surface area contributed by atoms with Crippen LogP contribution in [0.1, 0.15) is 92.6 Å². The fourth-order valence-electron chi connectivity index (χ4n) is 8.83. The molecule has 56 heavy (non-hydrogen) atoms. The van der Waals surface area contributed by atoms with Gasteiger partial charge in [0.05, 0.1) is 37.7 Å². The highest BCUT2D eigenvalue weighted by molar-refractivity contribution is 6.79. The molecule has 298 valence electrons. The van der Waals surface area contributed by atoms with Crippen LogP contribution in [0.2, 0.25) is 19.1 Å². The number of nitrogens with one attached hydrogen (secondary N) is 1. The zero-order valence-corrected chi connectivity index (χ0v) is 36.3. The number of carbonyl (C=O) groups is 2. The van der Waals surface area contributed by atoms with E-state index in [0.717, 1.165) is 71.1 Å². The summed E-state index contributed by atoms with van der Waals surface area (Å²) in [5, 5.41) is 2.43. The number of likely N-dealkylation sites (tertiary alicyclic amines) is 1. The number of hydrogen-bond acceptors (Lipinski definition) is 6. The maximum Gasteiger partial charge on any atom is 0.410 e. The second kappa shape index (κ2) is 14.8. The summed E-state index contributed by atoms with van der Waals surface area (Å²) in [6, 6.07) is 20.6. The van der Waals surface area contributed by atoms with Gasteiger partial charge >= 0.3 is 12.2 Å². The van der Waals surface area contributed by atoms with Gasteiger partial charge in [-0.2, -0.15) is 0 Å². The molecule has 0 bridgehead atoms. The Kier molecular flexibility index (Phi) is 10.5. The van der Waals surface area contributed by atoms with Gasteiger partial charge in [-0.1, -0.05) is 82.8 Å². The maximum atomic E-state index is 13.5. The molecule has 4 heterocycles. The second-order valence-corrected chi connectivity index (χ2v) is 24.5. The Hall–Kier alpha value is -4.44. The van der Waals surface area contributed by atoms with E-state index in [1.807, 2.05) is 57.5 Å². The Morgan fingerprint density at radius 1 is 0.857 bits per heavy atom. The minimum atomic E-state index is -1.65. The Morgan fingerprint density at radius 3 is 2.16 bits per heavy atom. The van der Waals surface area contributed by atoms with Crippen LogP contribution < -0.4 is 0 Å². The fourth-order valence-corrected chi connectivity index (χ4v) is 11.7. The average molecular weight is 776 g/mol. The number of rotatable bonds is 5. The molecule has 3 aliphatic heterocycles. The third kappa shape index (κ3) is 8.31. The lowest BCUT2D eigenvalue weighted by atomic mass is 9.84. The molecule has 9 nitrogen and oxygen atoms in total. The van der Waals surface area contributed by atoms with E-state index in [-0.39, 0.29) is 30.2 Å². The Labute approximate surface area is 334 Å². The summed E-state index contributed by atoms with van der Waals surface area (Å²) in [7, 11) is -1.65. The van der Waals surface area contributed by atoms with Crippen molar-refractivity contribution in [2.24, 2.45) is 22.7 Å². The number of fused-ring (bicyclic) bond motifs is 3. The highest BCUT2D eigenvalue weighted by Gasteiger charge is 2.47. The van der Waals surface area contributed by atoms with Crippen LogP contribution in [0.4, 0.5) is 15.3 Å². The SMILES string of the molecule is CCC1CC(c2ncc(-c3ccc(-c4ccc5c6c(ccc5c4)N=C(C4C[Si](C)(C)CN4C(=O)OC(C)(C)C)C(C)C(C)C6)cc3)[nH]2)N(C(=O)OC(C)(C)C)C1. The Morgan fingerprint density at radius 2 is 1.50 bits per heavy atom. The van der Waals surface area contributed by atoms with Crippen molar-refractivity contribution in [3.05, 3.63) is 72.2 Å². The first kappa shape index (κ1) is 39.8. The number of benzene rings is 3. The topological polar surface area (TPSA) is 100 Å². The predicted octanol–water partition coefficient (Wildman–Crippen LogP) is 11.4. The van der Waals surface area contributed by atoms with Gasteiger partial charge in [-0.15, -0.1) is 0 Å². The van der Waals surface area contributed by atoms with E-state index in [2.05, 4.69) is 93.4 Å². The number of imidazole rings is 1. The van der Waals surface area contributed by atoms with Gasteiger partial charge in [0.25, 0.3) is 0 Å². The highest BCUT2D eigenvalue weighted by Crippen LogP contribution is 2.41. The van der Waals surface area contributed by atoms with E-state index in [9.17, 15) is 9.59 Å². The van der Waals surface area contributed by atoms with Crippen molar-refractivity contribution < 1.29 is 19.1 Å². The standard InChI is InChI=1S/C46H61N5O4Si/c1-12-30-22-39(50(25-30)43(52)54-45(4,5)6)42-47-24-38(49-42)32-15-13-31(14-16-32)33-17-19-35-34(23-33)18-20-37-36(35)21-28(2)29(3)41(48-37)40-26-56(10,11)27-51(40)44(53)55-46(7,8)9/h13-20,23-24,28-30,39-40H,12,21-22,25-27H2,1-11H3,(H,47,49). The highest BCUT2D eigenvalue weighted by atomic mass is 28.3. The molecule has 3 aromatic carbocycles. The first-order chi connectivity index (χ1) is 26.3. The van der Waals surface area contributed by atoms with Gasteiger partial charge in [0.2, 0.25) is 0 Å². The van der Waals surface area contributed by atoms with Crippen molar-refractivity contribution >= 4 is 42.4 Å². The second-order valence-electron chi connectivity index (χ2n) is 19.4. The molecule has 1 N–H and O–H groups in total. The fraction of sp³-hybridized carbons (Fsp3) is 0.522. The van der Waals surface area contributed by atoms with Gasteiger partial charge in [0.15, 0.2) is 0 Å². The molecule has 5 atom stereocenters. The lowest BCUT2D eigenvalue weighted by Gasteiger charge is -2.32. The van der Waals surface area contributed by atoms with Crippen LogP contribution >= 0.6 is 0 Å².